The third-order valence-electron chi connectivity index (χ3n) is 11.7. The number of aryl methyl sites for hydroxylation is 3. The zero-order valence-corrected chi connectivity index (χ0v) is 42.8. The molecule has 0 saturated heterocycles. The van der Waals surface area contributed by atoms with Gasteiger partial charge in [-0.2, -0.15) is 0 Å². The minimum absolute atomic E-state index is 0.131. The predicted molar refractivity (Wildman–Crippen MR) is 281 cm³/mol. The summed E-state index contributed by atoms with van der Waals surface area (Å²) in [6.07, 6.45) is 0. The second kappa shape index (κ2) is 23.7. The van der Waals surface area contributed by atoms with Crippen molar-refractivity contribution in [1.82, 2.24) is 14.7 Å². The smallest absolute Gasteiger partial charge is 0.253 e. The molecule has 6 aromatic carbocycles. The van der Waals surface area contributed by atoms with Gasteiger partial charge in [0.1, 0.15) is 0 Å². The Hall–Kier alpha value is -7.86. The number of hydrogen-bond donors (Lipinski definition) is 0. The molecule has 12 nitrogen and oxygen atoms in total. The van der Waals surface area contributed by atoms with Crippen molar-refractivity contribution in [3.8, 4) is 33.4 Å². The minimum Gasteiger partial charge on any atom is -0.345 e. The Morgan fingerprint density at radius 1 is 0.319 bits per heavy atom. The molecule has 0 heterocycles. The van der Waals surface area contributed by atoms with E-state index in [1.54, 1.807) is 81.6 Å². The number of carbonyl (C=O) groups is 6. The van der Waals surface area contributed by atoms with E-state index in [2.05, 4.69) is 112 Å². The first kappa shape index (κ1) is 53.8. The summed E-state index contributed by atoms with van der Waals surface area (Å²) >= 11 is 0. The highest BCUT2D eigenvalue weighted by Gasteiger charge is 2.20. The fourth-order valence-electron chi connectivity index (χ4n) is 7.26. The second-order valence-corrected chi connectivity index (χ2v) is 17.6. The van der Waals surface area contributed by atoms with Crippen LogP contribution in [0.15, 0.2) is 127 Å². The van der Waals surface area contributed by atoms with Crippen molar-refractivity contribution in [2.75, 3.05) is 78.1 Å². The number of rotatable bonds is 9. The predicted octanol–water partition coefficient (Wildman–Crippen LogP) is 10.0. The molecule has 360 valence electrons. The van der Waals surface area contributed by atoms with Gasteiger partial charge < -0.3 is 29.4 Å². The zero-order chi connectivity index (χ0) is 51.4. The molecule has 0 saturated carbocycles. The fraction of sp³-hybridized carbons (Fsp3) is 0.263. The molecule has 0 spiro atoms. The van der Waals surface area contributed by atoms with Gasteiger partial charge in [-0.3, -0.25) is 28.8 Å². The van der Waals surface area contributed by atoms with Gasteiger partial charge in [0, 0.05) is 118 Å². The molecule has 0 aromatic heterocycles. The van der Waals surface area contributed by atoms with E-state index in [0.717, 1.165) is 0 Å². The molecule has 69 heavy (non-hydrogen) atoms. The number of anilines is 3. The number of hydrogen-bond acceptors (Lipinski definition) is 6. The summed E-state index contributed by atoms with van der Waals surface area (Å²) in [5.41, 5.74) is 14.4. The van der Waals surface area contributed by atoms with Crippen LogP contribution in [0.1, 0.15) is 68.5 Å². The molecule has 6 aromatic rings. The summed E-state index contributed by atoms with van der Waals surface area (Å²) in [5, 5.41) is 0. The van der Waals surface area contributed by atoms with Crippen LogP contribution in [0.25, 0.3) is 33.4 Å². The van der Waals surface area contributed by atoms with Gasteiger partial charge in [0.05, 0.1) is 0 Å². The van der Waals surface area contributed by atoms with Crippen molar-refractivity contribution in [1.29, 1.82) is 0 Å². The van der Waals surface area contributed by atoms with Crippen molar-refractivity contribution in [3.63, 3.8) is 0 Å². The van der Waals surface area contributed by atoms with Crippen LogP contribution in [-0.2, 0) is 14.4 Å². The van der Waals surface area contributed by atoms with Crippen LogP contribution in [0.5, 0.6) is 0 Å². The highest BCUT2D eigenvalue weighted by atomic mass is 16.2. The van der Waals surface area contributed by atoms with Crippen LogP contribution >= 0.6 is 0 Å². The second-order valence-electron chi connectivity index (χ2n) is 17.6. The molecular formula is C57H66N6O6. The number of benzene rings is 6. The molecular weight excluding hydrogens is 865 g/mol. The van der Waals surface area contributed by atoms with Crippen LogP contribution in [0.4, 0.5) is 17.1 Å². The van der Waals surface area contributed by atoms with Gasteiger partial charge in [-0.25, -0.2) is 0 Å². The average molecular weight is 931 g/mol. The summed E-state index contributed by atoms with van der Waals surface area (Å²) in [6.45, 7) is 10.9. The van der Waals surface area contributed by atoms with Crippen molar-refractivity contribution >= 4 is 52.5 Å². The maximum Gasteiger partial charge on any atom is 0.253 e. The van der Waals surface area contributed by atoms with E-state index in [0.29, 0.717) is 33.8 Å². The minimum atomic E-state index is -0.254. The summed E-state index contributed by atoms with van der Waals surface area (Å²) in [5.74, 6) is -1.15. The third kappa shape index (κ3) is 13.9. The Bertz CT molecular complexity index is 2530. The molecule has 0 atom stereocenters. The van der Waals surface area contributed by atoms with Gasteiger partial charge in [0.2, 0.25) is 17.7 Å². The molecule has 12 heteroatoms. The lowest BCUT2D eigenvalue weighted by Crippen LogP contribution is -2.28. The van der Waals surface area contributed by atoms with Crippen molar-refractivity contribution < 1.29 is 28.8 Å². The SMILES string of the molecule is CC(=O)N(C)c1cc(N(C)C(C)=O)cc(N(C)C(C)=O)c1.CN(C)C(=O)c1cc(C(=O)N(C)C)cc(C(=O)N(C)C)c1.Cc1ccccc1-c1cc(-c2ccccc2C)cc(-c2ccccc2C)c1. The topological polar surface area (TPSA) is 122 Å². The molecule has 0 fully saturated rings. The Kier molecular flexibility index (Phi) is 18.5. The van der Waals surface area contributed by atoms with E-state index in [4.69, 9.17) is 0 Å². The summed E-state index contributed by atoms with van der Waals surface area (Å²) in [6, 6.07) is 42.6. The van der Waals surface area contributed by atoms with E-state index in [9.17, 15) is 28.8 Å². The Morgan fingerprint density at radius 3 is 0.725 bits per heavy atom. The number of nitrogens with zero attached hydrogens (tertiary/aromatic N) is 6. The van der Waals surface area contributed by atoms with E-state index >= 15 is 0 Å². The van der Waals surface area contributed by atoms with Gasteiger partial charge in [0.15, 0.2) is 0 Å². The summed E-state index contributed by atoms with van der Waals surface area (Å²) < 4.78 is 0. The number of carbonyl (C=O) groups excluding carboxylic acids is 6. The molecule has 0 N–H and O–H groups in total. The first-order valence-corrected chi connectivity index (χ1v) is 22.4. The molecule has 0 aliphatic carbocycles. The van der Waals surface area contributed by atoms with E-state index in [1.165, 1.54) is 118 Å². The highest BCUT2D eigenvalue weighted by Crippen LogP contribution is 2.36. The van der Waals surface area contributed by atoms with Crippen molar-refractivity contribution in [2.45, 2.75) is 41.5 Å². The summed E-state index contributed by atoms with van der Waals surface area (Å²) in [4.78, 5) is 79.6. The fourth-order valence-corrected chi connectivity index (χ4v) is 7.26. The van der Waals surface area contributed by atoms with Crippen LogP contribution in [0.3, 0.4) is 0 Å². The largest absolute Gasteiger partial charge is 0.345 e. The first-order chi connectivity index (χ1) is 32.4. The lowest BCUT2D eigenvalue weighted by molar-refractivity contribution is -0.117. The molecule has 0 aliphatic rings. The van der Waals surface area contributed by atoms with Crippen LogP contribution < -0.4 is 14.7 Å². The Balaban J connectivity index is 0.000000229. The van der Waals surface area contributed by atoms with Crippen molar-refractivity contribution in [3.05, 3.63) is 161 Å². The Labute approximate surface area is 408 Å². The van der Waals surface area contributed by atoms with Gasteiger partial charge in [-0.05, 0) is 125 Å². The van der Waals surface area contributed by atoms with Crippen LogP contribution in [-0.4, -0.2) is 114 Å². The van der Waals surface area contributed by atoms with Crippen LogP contribution in [0.2, 0.25) is 0 Å². The summed E-state index contributed by atoms with van der Waals surface area (Å²) in [7, 11) is 14.7. The van der Waals surface area contributed by atoms with Crippen LogP contribution in [0, 0.1) is 20.8 Å². The lowest BCUT2D eigenvalue weighted by atomic mass is 9.89. The van der Waals surface area contributed by atoms with Gasteiger partial charge in [0.25, 0.3) is 17.7 Å². The Morgan fingerprint density at radius 2 is 0.536 bits per heavy atom. The average Bonchev–Trinajstić information content (AvgIpc) is 3.32. The standard InChI is InChI=1S/C27H24.2C15H21N3O3/c1-19-10-4-7-13-25(19)22-16-23(26-14-8-5-11-20(26)2)18-24(17-22)27-15-9-6-12-21(27)3;1-16(2)13(19)10-7-11(14(20)17(3)4)9-12(8-10)15(21)18(5)6;1-10(19)16(4)13-7-14(17(5)11(2)20)9-15(8-13)18(6)12(3)21/h4-18H,1-3H3;2*7-9H,1-6H3. The quantitative estimate of drug-likeness (QED) is 0.142. The van der Waals surface area contributed by atoms with E-state index < -0.39 is 0 Å². The monoisotopic (exact) mass is 931 g/mol. The number of amides is 6. The molecule has 0 unspecified atom stereocenters. The van der Waals surface area contributed by atoms with Gasteiger partial charge >= 0.3 is 0 Å². The van der Waals surface area contributed by atoms with E-state index in [1.807, 2.05) is 0 Å². The molecule has 6 amide bonds. The third-order valence-corrected chi connectivity index (χ3v) is 11.7. The maximum atomic E-state index is 12.1. The first-order valence-electron chi connectivity index (χ1n) is 22.4. The maximum absolute atomic E-state index is 12.1. The highest BCUT2D eigenvalue weighted by molar-refractivity contribution is 6.04. The molecule has 0 aliphatic heterocycles. The zero-order valence-electron chi connectivity index (χ0n) is 42.8. The molecule has 0 bridgehead atoms. The molecule has 6 rings (SSSR count). The van der Waals surface area contributed by atoms with Gasteiger partial charge in [-0.15, -0.1) is 0 Å². The molecule has 0 radical (unpaired) electrons. The van der Waals surface area contributed by atoms with E-state index in [-0.39, 0.29) is 35.4 Å². The normalized spacial score (nSPS) is 10.3. The van der Waals surface area contributed by atoms with Gasteiger partial charge in [-0.1, -0.05) is 72.8 Å². The lowest BCUT2D eigenvalue weighted by Gasteiger charge is -2.24. The van der Waals surface area contributed by atoms with Crippen molar-refractivity contribution in [2.24, 2.45) is 0 Å².